The van der Waals surface area contributed by atoms with E-state index in [0.717, 1.165) is 0 Å². The van der Waals surface area contributed by atoms with Gasteiger partial charge in [0, 0.05) is 6.08 Å². The van der Waals surface area contributed by atoms with E-state index in [1.54, 1.807) is 42.5 Å². The summed E-state index contributed by atoms with van der Waals surface area (Å²) in [5, 5.41) is 0.477. The van der Waals surface area contributed by atoms with E-state index in [9.17, 15) is 9.59 Å². The molecule has 3 rings (SSSR count). The van der Waals surface area contributed by atoms with Gasteiger partial charge in [-0.15, -0.1) is 0 Å². The average molecular weight is 396 g/mol. The minimum atomic E-state index is -0.588. The first-order valence-electron chi connectivity index (χ1n) is 8.68. The van der Waals surface area contributed by atoms with Gasteiger partial charge in [0.15, 0.2) is 11.5 Å². The van der Waals surface area contributed by atoms with Gasteiger partial charge in [-0.25, -0.2) is 9.78 Å². The van der Waals surface area contributed by atoms with Crippen molar-refractivity contribution in [2.24, 2.45) is 0 Å². The molecule has 8 nitrogen and oxygen atoms in total. The van der Waals surface area contributed by atoms with E-state index in [-0.39, 0.29) is 18.0 Å². The Morgan fingerprint density at radius 2 is 1.76 bits per heavy atom. The molecule has 0 aliphatic heterocycles. The predicted molar refractivity (Wildman–Crippen MR) is 107 cm³/mol. The summed E-state index contributed by atoms with van der Waals surface area (Å²) in [5.74, 6) is 1.08. The van der Waals surface area contributed by atoms with Crippen molar-refractivity contribution in [1.82, 2.24) is 9.97 Å². The van der Waals surface area contributed by atoms with Crippen molar-refractivity contribution in [3.8, 4) is 17.2 Å². The number of aromatic nitrogens is 2. The fourth-order valence-corrected chi connectivity index (χ4v) is 2.75. The van der Waals surface area contributed by atoms with E-state index < -0.39 is 5.97 Å². The summed E-state index contributed by atoms with van der Waals surface area (Å²) in [4.78, 5) is 31.0. The molecular weight excluding hydrogens is 376 g/mol. The number of nitrogens with zero attached hydrogens (tertiary/aromatic N) is 1. The minimum Gasteiger partial charge on any atom is -0.493 e. The standard InChI is InChI=1S/C21H20N2O6/c1-26-16-10-13(11-17(27-2)20(16)28-3)8-9-19(24)29-12-18-22-15-7-5-4-6-14(15)21(25)23-18/h4-11H,12H2,1-3H3,(H,22,23,25)/b9-8+. The number of nitrogens with one attached hydrogen (secondary N) is 1. The molecule has 8 heteroatoms. The van der Waals surface area contributed by atoms with Crippen molar-refractivity contribution < 1.29 is 23.7 Å². The first-order chi connectivity index (χ1) is 14.0. The SMILES string of the molecule is COc1cc(/C=C/C(=O)OCc2nc3ccccc3c(=O)[nH]2)cc(OC)c1OC. The molecule has 29 heavy (non-hydrogen) atoms. The van der Waals surface area contributed by atoms with Gasteiger partial charge in [0.25, 0.3) is 5.56 Å². The molecule has 0 amide bonds. The number of H-pyrrole nitrogens is 1. The maximum absolute atomic E-state index is 12.1. The maximum atomic E-state index is 12.1. The van der Waals surface area contributed by atoms with Crippen LogP contribution in [0.25, 0.3) is 17.0 Å². The van der Waals surface area contributed by atoms with Gasteiger partial charge in [0.05, 0.1) is 32.2 Å². The maximum Gasteiger partial charge on any atom is 0.331 e. The number of benzene rings is 2. The van der Waals surface area contributed by atoms with Gasteiger partial charge >= 0.3 is 5.97 Å². The van der Waals surface area contributed by atoms with Crippen molar-refractivity contribution in [3.05, 3.63) is 64.2 Å². The predicted octanol–water partition coefficient (Wildman–Crippen LogP) is 2.71. The molecule has 0 unspecified atom stereocenters. The zero-order valence-corrected chi connectivity index (χ0v) is 16.2. The largest absolute Gasteiger partial charge is 0.493 e. The van der Waals surface area contributed by atoms with Crippen LogP contribution in [0.5, 0.6) is 17.2 Å². The molecule has 150 valence electrons. The van der Waals surface area contributed by atoms with E-state index in [0.29, 0.717) is 33.7 Å². The van der Waals surface area contributed by atoms with Gasteiger partial charge in [-0.1, -0.05) is 12.1 Å². The molecule has 1 heterocycles. The highest BCUT2D eigenvalue weighted by atomic mass is 16.5. The Balaban J connectivity index is 1.71. The lowest BCUT2D eigenvalue weighted by Gasteiger charge is -2.12. The third-order valence-corrected chi connectivity index (χ3v) is 4.11. The summed E-state index contributed by atoms with van der Waals surface area (Å²) in [6.07, 6.45) is 2.82. The number of carbonyl (C=O) groups is 1. The second-order valence-corrected chi connectivity index (χ2v) is 5.93. The van der Waals surface area contributed by atoms with Crippen LogP contribution in [0.4, 0.5) is 0 Å². The third-order valence-electron chi connectivity index (χ3n) is 4.11. The van der Waals surface area contributed by atoms with Crippen LogP contribution < -0.4 is 19.8 Å². The minimum absolute atomic E-state index is 0.154. The van der Waals surface area contributed by atoms with Gasteiger partial charge < -0.3 is 23.9 Å². The van der Waals surface area contributed by atoms with Crippen LogP contribution in [0.2, 0.25) is 0 Å². The lowest BCUT2D eigenvalue weighted by atomic mass is 10.1. The summed E-state index contributed by atoms with van der Waals surface area (Å²) in [6, 6.07) is 10.3. The van der Waals surface area contributed by atoms with E-state index in [1.165, 1.54) is 27.4 Å². The first kappa shape index (κ1) is 19.9. The Kier molecular flexibility index (Phi) is 6.13. The van der Waals surface area contributed by atoms with Gasteiger partial charge in [0.2, 0.25) is 5.75 Å². The number of esters is 1. The topological polar surface area (TPSA) is 99.7 Å². The van der Waals surface area contributed by atoms with Gasteiger partial charge in [-0.3, -0.25) is 4.79 Å². The number of methoxy groups -OCH3 is 3. The van der Waals surface area contributed by atoms with Crippen LogP contribution in [-0.2, 0) is 16.1 Å². The highest BCUT2D eigenvalue weighted by molar-refractivity contribution is 5.87. The summed E-state index contributed by atoms with van der Waals surface area (Å²) in [7, 11) is 4.53. The molecule has 0 aliphatic rings. The number of aromatic amines is 1. The number of carbonyl (C=O) groups excluding carboxylic acids is 1. The van der Waals surface area contributed by atoms with E-state index >= 15 is 0 Å². The van der Waals surface area contributed by atoms with Crippen LogP contribution in [0.1, 0.15) is 11.4 Å². The molecule has 1 N–H and O–H groups in total. The normalized spacial score (nSPS) is 10.9. The number of fused-ring (bicyclic) bond motifs is 1. The summed E-state index contributed by atoms with van der Waals surface area (Å²) in [5.41, 5.74) is 0.915. The molecule has 0 saturated carbocycles. The number of hydrogen-bond donors (Lipinski definition) is 1. The van der Waals surface area contributed by atoms with Crippen LogP contribution in [0.15, 0.2) is 47.3 Å². The molecule has 2 aromatic carbocycles. The highest BCUT2D eigenvalue weighted by Crippen LogP contribution is 2.38. The van der Waals surface area contributed by atoms with Gasteiger partial charge in [-0.2, -0.15) is 0 Å². The number of rotatable bonds is 7. The third kappa shape index (κ3) is 4.55. The zero-order valence-electron chi connectivity index (χ0n) is 16.2. The smallest absolute Gasteiger partial charge is 0.331 e. The van der Waals surface area contributed by atoms with Gasteiger partial charge in [0.1, 0.15) is 12.4 Å². The van der Waals surface area contributed by atoms with Crippen molar-refractivity contribution in [2.75, 3.05) is 21.3 Å². The molecule has 0 aliphatic carbocycles. The highest BCUT2D eigenvalue weighted by Gasteiger charge is 2.12. The fourth-order valence-electron chi connectivity index (χ4n) is 2.75. The van der Waals surface area contributed by atoms with Crippen LogP contribution >= 0.6 is 0 Å². The summed E-state index contributed by atoms with van der Waals surface area (Å²) in [6.45, 7) is -0.154. The molecule has 3 aromatic rings. The molecule has 0 fully saturated rings. The lowest BCUT2D eigenvalue weighted by molar-refractivity contribution is -0.139. The molecule has 0 bridgehead atoms. The Bertz CT molecular complexity index is 1090. The van der Waals surface area contributed by atoms with E-state index in [1.807, 2.05) is 0 Å². The monoisotopic (exact) mass is 396 g/mol. The number of hydrogen-bond acceptors (Lipinski definition) is 7. The molecule has 0 atom stereocenters. The second kappa shape index (κ2) is 8.92. The Morgan fingerprint density at radius 3 is 2.41 bits per heavy atom. The number of ether oxygens (including phenoxy) is 4. The van der Waals surface area contributed by atoms with E-state index in [2.05, 4.69) is 9.97 Å². The molecule has 0 radical (unpaired) electrons. The second-order valence-electron chi connectivity index (χ2n) is 5.93. The lowest BCUT2D eigenvalue weighted by Crippen LogP contribution is -2.13. The first-order valence-corrected chi connectivity index (χ1v) is 8.68. The Labute approximate surface area is 166 Å². The van der Waals surface area contributed by atoms with Crippen LogP contribution in [-0.4, -0.2) is 37.3 Å². The van der Waals surface area contributed by atoms with Crippen molar-refractivity contribution in [3.63, 3.8) is 0 Å². The van der Waals surface area contributed by atoms with E-state index in [4.69, 9.17) is 18.9 Å². The fraction of sp³-hybridized carbons (Fsp3) is 0.190. The van der Waals surface area contributed by atoms with Crippen molar-refractivity contribution in [2.45, 2.75) is 6.61 Å². The van der Waals surface area contributed by atoms with Crippen LogP contribution in [0, 0.1) is 0 Å². The summed E-state index contributed by atoms with van der Waals surface area (Å²) >= 11 is 0. The average Bonchev–Trinajstić information content (AvgIpc) is 2.75. The quantitative estimate of drug-likeness (QED) is 0.484. The Morgan fingerprint density at radius 1 is 1.07 bits per heavy atom. The molecule has 0 saturated heterocycles. The zero-order chi connectivity index (χ0) is 20.8. The Hall–Kier alpha value is -3.81. The van der Waals surface area contributed by atoms with Crippen molar-refractivity contribution >= 4 is 22.9 Å². The van der Waals surface area contributed by atoms with Gasteiger partial charge in [-0.05, 0) is 35.9 Å². The van der Waals surface area contributed by atoms with Crippen molar-refractivity contribution in [1.29, 1.82) is 0 Å². The summed E-state index contributed by atoms with van der Waals surface area (Å²) < 4.78 is 21.0. The molecule has 0 spiro atoms. The van der Waals surface area contributed by atoms with Crippen LogP contribution in [0.3, 0.4) is 0 Å². The molecule has 1 aromatic heterocycles. The molecular formula is C21H20N2O6. The number of para-hydroxylation sites is 1.